The van der Waals surface area contributed by atoms with Gasteiger partial charge in [-0.25, -0.2) is 8.42 Å². The van der Waals surface area contributed by atoms with E-state index >= 15 is 0 Å². The number of benzene rings is 2. The Kier molecular flexibility index (Phi) is 5.53. The summed E-state index contributed by atoms with van der Waals surface area (Å²) in [5.41, 5.74) is 3.09. The third kappa shape index (κ3) is 3.86. The van der Waals surface area contributed by atoms with E-state index in [0.717, 1.165) is 18.7 Å². The highest BCUT2D eigenvalue weighted by atomic mass is 32.2. The molecule has 140 valence electrons. The van der Waals surface area contributed by atoms with Crippen LogP contribution in [0.5, 0.6) is 5.75 Å². The Bertz CT molecular complexity index is 863. The van der Waals surface area contributed by atoms with Crippen molar-refractivity contribution < 1.29 is 13.2 Å². The van der Waals surface area contributed by atoms with Crippen molar-refractivity contribution in [2.45, 2.75) is 25.2 Å². The Hall–Kier alpha value is -2.05. The van der Waals surface area contributed by atoms with E-state index in [-0.39, 0.29) is 0 Å². The van der Waals surface area contributed by atoms with Gasteiger partial charge in [-0.2, -0.15) is 4.31 Å². The Labute approximate surface area is 156 Å². The maximum absolute atomic E-state index is 13.1. The normalized spacial score (nSPS) is 16.3. The lowest BCUT2D eigenvalue weighted by atomic mass is 10.2. The molecule has 6 heteroatoms. The quantitative estimate of drug-likeness (QED) is 0.825. The highest BCUT2D eigenvalue weighted by Crippen LogP contribution is 2.26. The number of ether oxygens (including phenoxy) is 1. The smallest absolute Gasteiger partial charge is 0.243 e. The van der Waals surface area contributed by atoms with Gasteiger partial charge in [0.2, 0.25) is 10.0 Å². The van der Waals surface area contributed by atoms with Crippen LogP contribution in [-0.2, 0) is 10.0 Å². The first kappa shape index (κ1) is 18.7. The molecule has 0 amide bonds. The Morgan fingerprint density at radius 1 is 0.923 bits per heavy atom. The predicted molar refractivity (Wildman–Crippen MR) is 104 cm³/mol. The molecular weight excluding hydrogens is 348 g/mol. The number of hydrogen-bond donors (Lipinski definition) is 0. The zero-order chi connectivity index (χ0) is 18.7. The van der Waals surface area contributed by atoms with Crippen LogP contribution in [0.1, 0.15) is 17.5 Å². The van der Waals surface area contributed by atoms with Gasteiger partial charge < -0.3 is 9.64 Å². The minimum Gasteiger partial charge on any atom is -0.497 e. The van der Waals surface area contributed by atoms with Crippen LogP contribution in [0.4, 0.5) is 5.69 Å². The Morgan fingerprint density at radius 2 is 1.65 bits per heavy atom. The molecule has 0 radical (unpaired) electrons. The number of methoxy groups -OCH3 is 1. The van der Waals surface area contributed by atoms with E-state index in [1.54, 1.807) is 29.6 Å². The maximum atomic E-state index is 13.1. The average molecular weight is 375 g/mol. The third-order valence-corrected chi connectivity index (χ3v) is 6.91. The van der Waals surface area contributed by atoms with Crippen molar-refractivity contribution in [2.75, 3.05) is 38.2 Å². The summed E-state index contributed by atoms with van der Waals surface area (Å²) >= 11 is 0. The summed E-state index contributed by atoms with van der Waals surface area (Å²) in [6, 6.07) is 13.5. The zero-order valence-corrected chi connectivity index (χ0v) is 16.4. The second-order valence-electron chi connectivity index (χ2n) is 6.71. The van der Waals surface area contributed by atoms with Gasteiger partial charge in [0.1, 0.15) is 5.75 Å². The van der Waals surface area contributed by atoms with Gasteiger partial charge in [-0.05, 0) is 56.2 Å². The first-order valence-electron chi connectivity index (χ1n) is 8.88. The maximum Gasteiger partial charge on any atom is 0.243 e. The molecule has 1 aliphatic rings. The van der Waals surface area contributed by atoms with Crippen LogP contribution in [0.25, 0.3) is 0 Å². The van der Waals surface area contributed by atoms with Gasteiger partial charge in [0.15, 0.2) is 0 Å². The Morgan fingerprint density at radius 3 is 2.31 bits per heavy atom. The largest absolute Gasteiger partial charge is 0.497 e. The van der Waals surface area contributed by atoms with Gasteiger partial charge in [-0.1, -0.05) is 17.7 Å². The van der Waals surface area contributed by atoms with Crippen molar-refractivity contribution in [3.63, 3.8) is 0 Å². The van der Waals surface area contributed by atoms with Crippen LogP contribution in [-0.4, -0.2) is 46.0 Å². The van der Waals surface area contributed by atoms with Crippen LogP contribution < -0.4 is 9.64 Å². The first-order chi connectivity index (χ1) is 12.4. The van der Waals surface area contributed by atoms with Gasteiger partial charge in [0.25, 0.3) is 0 Å². The van der Waals surface area contributed by atoms with Crippen molar-refractivity contribution in [2.24, 2.45) is 0 Å². The van der Waals surface area contributed by atoms with Crippen LogP contribution in [0, 0.1) is 13.8 Å². The van der Waals surface area contributed by atoms with Crippen LogP contribution in [0.3, 0.4) is 0 Å². The highest BCUT2D eigenvalue weighted by molar-refractivity contribution is 7.89. The molecule has 0 spiro atoms. The SMILES string of the molecule is COc1ccc(S(=O)(=O)N2CCCN(c3ccc(C)cc3)CC2)c(C)c1. The lowest BCUT2D eigenvalue weighted by molar-refractivity contribution is 0.413. The molecule has 2 aromatic rings. The number of anilines is 1. The topological polar surface area (TPSA) is 49.9 Å². The fourth-order valence-corrected chi connectivity index (χ4v) is 5.00. The van der Waals surface area contributed by atoms with E-state index < -0.39 is 10.0 Å². The van der Waals surface area contributed by atoms with Crippen molar-refractivity contribution >= 4 is 15.7 Å². The lowest BCUT2D eigenvalue weighted by Gasteiger charge is -2.24. The second kappa shape index (κ2) is 7.68. The van der Waals surface area contributed by atoms with E-state index in [0.29, 0.717) is 35.8 Å². The molecule has 1 fully saturated rings. The molecule has 0 N–H and O–H groups in total. The van der Waals surface area contributed by atoms with Gasteiger partial charge in [-0.15, -0.1) is 0 Å². The van der Waals surface area contributed by atoms with E-state index in [1.807, 2.05) is 6.92 Å². The Balaban J connectivity index is 1.78. The van der Waals surface area contributed by atoms with Crippen molar-refractivity contribution in [3.8, 4) is 5.75 Å². The lowest BCUT2D eigenvalue weighted by Crippen LogP contribution is -2.35. The summed E-state index contributed by atoms with van der Waals surface area (Å²) in [5, 5.41) is 0. The van der Waals surface area contributed by atoms with E-state index in [1.165, 1.54) is 5.56 Å². The molecule has 0 saturated carbocycles. The van der Waals surface area contributed by atoms with Crippen LogP contribution >= 0.6 is 0 Å². The van der Waals surface area contributed by atoms with Gasteiger partial charge in [-0.3, -0.25) is 0 Å². The molecule has 0 unspecified atom stereocenters. The summed E-state index contributed by atoms with van der Waals surface area (Å²) in [5.74, 6) is 0.669. The fourth-order valence-electron chi connectivity index (χ4n) is 3.33. The number of rotatable bonds is 4. The molecular formula is C20H26N2O3S. The molecule has 3 rings (SSSR count). The van der Waals surface area contributed by atoms with Crippen molar-refractivity contribution in [1.82, 2.24) is 4.31 Å². The zero-order valence-electron chi connectivity index (χ0n) is 15.6. The minimum atomic E-state index is -3.50. The summed E-state index contributed by atoms with van der Waals surface area (Å²) < 4.78 is 33.0. The monoisotopic (exact) mass is 374 g/mol. The molecule has 2 aromatic carbocycles. The van der Waals surface area contributed by atoms with Crippen molar-refractivity contribution in [3.05, 3.63) is 53.6 Å². The molecule has 0 aromatic heterocycles. The first-order valence-corrected chi connectivity index (χ1v) is 10.3. The van der Waals surface area contributed by atoms with Crippen LogP contribution in [0.2, 0.25) is 0 Å². The molecule has 5 nitrogen and oxygen atoms in total. The summed E-state index contributed by atoms with van der Waals surface area (Å²) in [6.07, 6.45) is 0.808. The number of nitrogens with zero attached hydrogens (tertiary/aromatic N) is 2. The molecule has 1 heterocycles. The molecule has 0 atom stereocenters. The summed E-state index contributed by atoms with van der Waals surface area (Å²) in [7, 11) is -1.92. The van der Waals surface area contributed by atoms with E-state index in [2.05, 4.69) is 36.1 Å². The number of sulfonamides is 1. The average Bonchev–Trinajstić information content (AvgIpc) is 2.88. The van der Waals surface area contributed by atoms with E-state index in [9.17, 15) is 8.42 Å². The standard InChI is InChI=1S/C20H26N2O3S/c1-16-5-7-18(8-6-16)21-11-4-12-22(14-13-21)26(23,24)20-10-9-19(25-3)15-17(20)2/h5-10,15H,4,11-14H2,1-3H3. The van der Waals surface area contributed by atoms with Gasteiger partial charge in [0.05, 0.1) is 12.0 Å². The predicted octanol–water partition coefficient (Wildman–Crippen LogP) is 3.21. The molecule has 1 aliphatic heterocycles. The number of hydrogen-bond acceptors (Lipinski definition) is 4. The second-order valence-corrected chi connectivity index (χ2v) is 8.62. The summed E-state index contributed by atoms with van der Waals surface area (Å²) in [6.45, 7) is 6.45. The summed E-state index contributed by atoms with van der Waals surface area (Å²) in [4.78, 5) is 2.62. The molecule has 1 saturated heterocycles. The molecule has 0 bridgehead atoms. The fraction of sp³-hybridized carbons (Fsp3) is 0.400. The van der Waals surface area contributed by atoms with E-state index in [4.69, 9.17) is 4.74 Å². The highest BCUT2D eigenvalue weighted by Gasteiger charge is 2.28. The third-order valence-electron chi connectivity index (χ3n) is 4.85. The number of aryl methyl sites for hydroxylation is 2. The minimum absolute atomic E-state index is 0.363. The molecule has 0 aliphatic carbocycles. The van der Waals surface area contributed by atoms with Crippen molar-refractivity contribution in [1.29, 1.82) is 0 Å². The van der Waals surface area contributed by atoms with Gasteiger partial charge >= 0.3 is 0 Å². The van der Waals surface area contributed by atoms with Crippen LogP contribution in [0.15, 0.2) is 47.4 Å². The molecule has 26 heavy (non-hydrogen) atoms. The van der Waals surface area contributed by atoms with Gasteiger partial charge in [0, 0.05) is 31.9 Å².